The van der Waals surface area contributed by atoms with E-state index in [1.807, 2.05) is 19.3 Å². The lowest BCUT2D eigenvalue weighted by Crippen LogP contribution is -2.37. The maximum Gasteiger partial charge on any atom is 0.191 e. The first-order valence-corrected chi connectivity index (χ1v) is 10.4. The van der Waals surface area contributed by atoms with Crippen molar-refractivity contribution >= 4 is 5.96 Å². The van der Waals surface area contributed by atoms with Crippen molar-refractivity contribution in [2.75, 3.05) is 13.7 Å². The minimum atomic E-state index is 0.215. The molecule has 3 rings (SSSR count). The quantitative estimate of drug-likeness (QED) is 0.527. The fourth-order valence-corrected chi connectivity index (χ4v) is 3.54. The van der Waals surface area contributed by atoms with Gasteiger partial charge in [0.1, 0.15) is 23.4 Å². The fourth-order valence-electron chi connectivity index (χ4n) is 3.54. The van der Waals surface area contributed by atoms with Gasteiger partial charge in [-0.05, 0) is 31.9 Å². The Labute approximate surface area is 173 Å². The van der Waals surface area contributed by atoms with Gasteiger partial charge in [0.2, 0.25) is 0 Å². The molecule has 158 valence electrons. The molecule has 2 aromatic rings. The molecule has 0 radical (unpaired) electrons. The lowest BCUT2D eigenvalue weighted by atomic mass is 10.1. The molecule has 0 saturated heterocycles. The van der Waals surface area contributed by atoms with Crippen LogP contribution < -0.4 is 20.1 Å². The van der Waals surface area contributed by atoms with E-state index >= 15 is 0 Å². The minimum Gasteiger partial charge on any atom is -0.494 e. The number of nitrogens with zero attached hydrogens (tertiary/aromatic N) is 3. The van der Waals surface area contributed by atoms with Gasteiger partial charge < -0.3 is 24.7 Å². The number of fused-ring (bicyclic) bond motifs is 1. The number of ether oxygens (including phenoxy) is 2. The first-order valence-electron chi connectivity index (χ1n) is 10.4. The van der Waals surface area contributed by atoms with Crippen LogP contribution in [0.5, 0.6) is 11.5 Å². The van der Waals surface area contributed by atoms with Crippen LogP contribution in [0.4, 0.5) is 0 Å². The molecule has 7 nitrogen and oxygen atoms in total. The van der Waals surface area contributed by atoms with E-state index in [4.69, 9.17) is 9.47 Å². The number of aromatic nitrogens is 2. The Kier molecular flexibility index (Phi) is 7.01. The van der Waals surface area contributed by atoms with Crippen molar-refractivity contribution < 1.29 is 9.47 Å². The number of guanidine groups is 1. The molecule has 0 spiro atoms. The summed E-state index contributed by atoms with van der Waals surface area (Å²) in [6, 6.07) is 4.19. The Balaban J connectivity index is 1.62. The molecule has 0 amide bonds. The molecule has 0 bridgehead atoms. The molecule has 0 aliphatic carbocycles. The van der Waals surface area contributed by atoms with Crippen molar-refractivity contribution in [3.8, 4) is 11.5 Å². The molecular formula is C22H33N5O2. The van der Waals surface area contributed by atoms with Crippen molar-refractivity contribution in [1.29, 1.82) is 0 Å². The SMILES string of the molecule is CCOc1cc2c(cc1CNC(=NC)NCc1nccn1CC(C)C)OC(C)C2. The van der Waals surface area contributed by atoms with Crippen LogP contribution in [-0.4, -0.2) is 35.3 Å². The van der Waals surface area contributed by atoms with Gasteiger partial charge in [-0.2, -0.15) is 0 Å². The molecule has 7 heteroatoms. The summed E-state index contributed by atoms with van der Waals surface area (Å²) in [5.74, 6) is 4.15. The highest BCUT2D eigenvalue weighted by atomic mass is 16.5. The maximum absolute atomic E-state index is 5.91. The van der Waals surface area contributed by atoms with E-state index in [9.17, 15) is 0 Å². The van der Waals surface area contributed by atoms with E-state index in [2.05, 4.69) is 58.1 Å². The van der Waals surface area contributed by atoms with Crippen LogP contribution in [-0.2, 0) is 26.1 Å². The van der Waals surface area contributed by atoms with E-state index < -0.39 is 0 Å². The van der Waals surface area contributed by atoms with Gasteiger partial charge in [0, 0.05) is 50.1 Å². The second-order valence-electron chi connectivity index (χ2n) is 7.80. The zero-order valence-corrected chi connectivity index (χ0v) is 18.2. The third-order valence-corrected chi connectivity index (χ3v) is 4.83. The topological polar surface area (TPSA) is 72.7 Å². The average Bonchev–Trinajstić information content (AvgIpc) is 3.26. The van der Waals surface area contributed by atoms with Crippen molar-refractivity contribution in [2.24, 2.45) is 10.9 Å². The third-order valence-electron chi connectivity index (χ3n) is 4.83. The van der Waals surface area contributed by atoms with E-state index in [-0.39, 0.29) is 6.10 Å². The van der Waals surface area contributed by atoms with Crippen LogP contribution in [0.2, 0.25) is 0 Å². The zero-order chi connectivity index (χ0) is 20.8. The monoisotopic (exact) mass is 399 g/mol. The first kappa shape index (κ1) is 21.0. The van der Waals surface area contributed by atoms with Gasteiger partial charge in [0.15, 0.2) is 5.96 Å². The normalized spacial score (nSPS) is 15.9. The zero-order valence-electron chi connectivity index (χ0n) is 18.2. The number of imidazole rings is 1. The number of aliphatic imine (C=N–C) groups is 1. The summed E-state index contributed by atoms with van der Waals surface area (Å²) < 4.78 is 14.0. The maximum atomic E-state index is 5.91. The van der Waals surface area contributed by atoms with Gasteiger partial charge in [-0.1, -0.05) is 13.8 Å². The Morgan fingerprint density at radius 1 is 1.34 bits per heavy atom. The number of nitrogens with one attached hydrogen (secondary N) is 2. The Hall–Kier alpha value is -2.70. The molecule has 1 aromatic heterocycles. The van der Waals surface area contributed by atoms with Gasteiger partial charge in [-0.15, -0.1) is 0 Å². The van der Waals surface area contributed by atoms with Crippen LogP contribution in [0.1, 0.15) is 44.6 Å². The van der Waals surface area contributed by atoms with Crippen molar-refractivity contribution in [2.45, 2.75) is 59.9 Å². The highest BCUT2D eigenvalue weighted by Gasteiger charge is 2.22. The second-order valence-corrected chi connectivity index (χ2v) is 7.80. The minimum absolute atomic E-state index is 0.215. The molecule has 1 aromatic carbocycles. The van der Waals surface area contributed by atoms with Gasteiger partial charge in [-0.3, -0.25) is 4.99 Å². The van der Waals surface area contributed by atoms with Crippen LogP contribution in [0.25, 0.3) is 0 Å². The highest BCUT2D eigenvalue weighted by Crippen LogP contribution is 2.35. The molecule has 1 aliphatic heterocycles. The third kappa shape index (κ3) is 5.43. The Morgan fingerprint density at radius 3 is 2.86 bits per heavy atom. The Morgan fingerprint density at radius 2 is 2.14 bits per heavy atom. The van der Waals surface area contributed by atoms with Gasteiger partial charge in [0.25, 0.3) is 0 Å². The summed E-state index contributed by atoms with van der Waals surface area (Å²) in [7, 11) is 1.77. The fraction of sp³-hybridized carbons (Fsp3) is 0.545. The highest BCUT2D eigenvalue weighted by molar-refractivity contribution is 5.79. The number of hydrogen-bond donors (Lipinski definition) is 2. The number of rotatable bonds is 8. The number of hydrogen-bond acceptors (Lipinski definition) is 4. The molecular weight excluding hydrogens is 366 g/mol. The van der Waals surface area contributed by atoms with Crippen molar-refractivity contribution in [3.05, 3.63) is 41.5 Å². The summed E-state index contributed by atoms with van der Waals surface area (Å²) >= 11 is 0. The summed E-state index contributed by atoms with van der Waals surface area (Å²) in [6.45, 7) is 11.3. The van der Waals surface area contributed by atoms with E-state index in [1.165, 1.54) is 5.56 Å². The van der Waals surface area contributed by atoms with Crippen molar-refractivity contribution in [3.63, 3.8) is 0 Å². The summed E-state index contributed by atoms with van der Waals surface area (Å²) in [5.41, 5.74) is 2.27. The molecule has 0 fully saturated rings. The molecule has 29 heavy (non-hydrogen) atoms. The van der Waals surface area contributed by atoms with Gasteiger partial charge >= 0.3 is 0 Å². The van der Waals surface area contributed by atoms with Crippen LogP contribution in [0.3, 0.4) is 0 Å². The van der Waals surface area contributed by atoms with Crippen LogP contribution in [0, 0.1) is 5.92 Å². The predicted octanol–water partition coefficient (Wildman–Crippen LogP) is 3.13. The first-order chi connectivity index (χ1) is 14.0. The smallest absolute Gasteiger partial charge is 0.191 e. The number of benzene rings is 1. The summed E-state index contributed by atoms with van der Waals surface area (Å²) in [6.07, 6.45) is 5.00. The lowest BCUT2D eigenvalue weighted by Gasteiger charge is -2.16. The lowest BCUT2D eigenvalue weighted by molar-refractivity contribution is 0.254. The largest absolute Gasteiger partial charge is 0.494 e. The summed E-state index contributed by atoms with van der Waals surface area (Å²) in [5, 5.41) is 6.73. The van der Waals surface area contributed by atoms with Crippen molar-refractivity contribution in [1.82, 2.24) is 20.2 Å². The molecule has 1 aliphatic rings. The molecule has 0 saturated carbocycles. The molecule has 1 atom stereocenters. The molecule has 2 heterocycles. The van der Waals surface area contributed by atoms with E-state index in [0.29, 0.717) is 25.6 Å². The Bertz CT molecular complexity index is 844. The summed E-state index contributed by atoms with van der Waals surface area (Å²) in [4.78, 5) is 8.80. The van der Waals surface area contributed by atoms with Gasteiger partial charge in [0.05, 0.1) is 13.2 Å². The van der Waals surface area contributed by atoms with E-state index in [1.54, 1.807) is 7.05 Å². The van der Waals surface area contributed by atoms with Gasteiger partial charge in [-0.25, -0.2) is 4.98 Å². The van der Waals surface area contributed by atoms with Crippen LogP contribution in [0.15, 0.2) is 29.5 Å². The average molecular weight is 400 g/mol. The standard InChI is InChI=1S/C22H33N5O2/c1-6-28-19-10-17-9-16(4)29-20(17)11-18(19)12-25-22(23-5)26-13-21-24-7-8-27(21)14-15(2)3/h7-8,10-11,15-16H,6,9,12-14H2,1-5H3,(H2,23,25,26). The second kappa shape index (κ2) is 9.67. The molecule has 1 unspecified atom stereocenters. The molecule has 2 N–H and O–H groups in total. The predicted molar refractivity (Wildman–Crippen MR) is 116 cm³/mol. The van der Waals surface area contributed by atoms with Crippen LogP contribution >= 0.6 is 0 Å². The van der Waals surface area contributed by atoms with E-state index in [0.717, 1.165) is 41.8 Å².